The zero-order chi connectivity index (χ0) is 16.9. The topological polar surface area (TPSA) is 47.4 Å². The van der Waals surface area contributed by atoms with E-state index in [0.717, 1.165) is 35.9 Å². The maximum Gasteiger partial charge on any atom is 0.307 e. The van der Waals surface area contributed by atoms with Gasteiger partial charge in [0.1, 0.15) is 0 Å². The van der Waals surface area contributed by atoms with Crippen molar-refractivity contribution < 1.29 is 9.53 Å². The predicted molar refractivity (Wildman–Crippen MR) is 96.8 cm³/mol. The fourth-order valence-corrected chi connectivity index (χ4v) is 4.20. The summed E-state index contributed by atoms with van der Waals surface area (Å²) in [6.45, 7) is 1.79. The van der Waals surface area contributed by atoms with Gasteiger partial charge in [-0.15, -0.1) is 0 Å². The lowest BCUT2D eigenvalue weighted by atomic mass is 10.1. The van der Waals surface area contributed by atoms with Gasteiger partial charge in [-0.2, -0.15) is 16.9 Å². The monoisotopic (exact) mass is 345 g/mol. The minimum absolute atomic E-state index is 0.137. The average Bonchev–Trinajstić information content (AvgIpc) is 2.97. The maximum absolute atomic E-state index is 11.7. The van der Waals surface area contributed by atoms with Gasteiger partial charge in [0.2, 0.25) is 0 Å². The van der Waals surface area contributed by atoms with Crippen molar-refractivity contribution in [1.29, 1.82) is 0 Å². The van der Waals surface area contributed by atoms with Gasteiger partial charge in [-0.1, -0.05) is 30.3 Å². The van der Waals surface area contributed by atoms with Crippen molar-refractivity contribution in [2.75, 3.05) is 25.2 Å². The molecule has 1 aliphatic rings. The van der Waals surface area contributed by atoms with Gasteiger partial charge in [0.15, 0.2) is 0 Å². The molecule has 0 saturated carbocycles. The van der Waals surface area contributed by atoms with Crippen molar-refractivity contribution in [1.82, 2.24) is 14.7 Å². The summed E-state index contributed by atoms with van der Waals surface area (Å²) in [6.07, 6.45) is 2.53. The molecule has 0 radical (unpaired) electrons. The molecule has 1 aliphatic heterocycles. The second-order valence-electron chi connectivity index (χ2n) is 6.02. The SMILES string of the molecule is COC(=O)C[C@H]1CSCCN1Cc1cn(C)nc1-c1ccccc1. The van der Waals surface area contributed by atoms with Crippen LogP contribution in [0.15, 0.2) is 36.5 Å². The van der Waals surface area contributed by atoms with Crippen LogP contribution in [0.1, 0.15) is 12.0 Å². The Morgan fingerprint density at radius 2 is 2.17 bits per heavy atom. The molecule has 2 aromatic rings. The molecule has 5 nitrogen and oxygen atoms in total. The zero-order valence-electron chi connectivity index (χ0n) is 14.1. The minimum Gasteiger partial charge on any atom is -0.469 e. The summed E-state index contributed by atoms with van der Waals surface area (Å²) in [6, 6.07) is 10.5. The molecule has 6 heteroatoms. The van der Waals surface area contributed by atoms with Crippen LogP contribution in [0.3, 0.4) is 0 Å². The summed E-state index contributed by atoms with van der Waals surface area (Å²) in [5.74, 6) is 1.93. The number of nitrogens with zero attached hydrogens (tertiary/aromatic N) is 3. The summed E-state index contributed by atoms with van der Waals surface area (Å²) < 4.78 is 6.72. The fourth-order valence-electron chi connectivity index (χ4n) is 3.07. The number of carbonyl (C=O) groups is 1. The quantitative estimate of drug-likeness (QED) is 0.780. The molecule has 0 spiro atoms. The van der Waals surface area contributed by atoms with Gasteiger partial charge in [0.05, 0.1) is 19.2 Å². The highest BCUT2D eigenvalue weighted by atomic mass is 32.2. The summed E-state index contributed by atoms with van der Waals surface area (Å²) in [5.41, 5.74) is 3.35. The van der Waals surface area contributed by atoms with E-state index >= 15 is 0 Å². The van der Waals surface area contributed by atoms with Crippen molar-refractivity contribution in [2.24, 2.45) is 7.05 Å². The lowest BCUT2D eigenvalue weighted by Gasteiger charge is -2.34. The van der Waals surface area contributed by atoms with Crippen molar-refractivity contribution >= 4 is 17.7 Å². The Bertz CT molecular complexity index is 687. The van der Waals surface area contributed by atoms with Gasteiger partial charge in [-0.05, 0) is 0 Å². The second kappa shape index (κ2) is 7.85. The third kappa shape index (κ3) is 3.99. The van der Waals surface area contributed by atoms with Crippen LogP contribution in [-0.4, -0.2) is 51.9 Å². The van der Waals surface area contributed by atoms with Crippen LogP contribution in [-0.2, 0) is 23.1 Å². The molecule has 0 amide bonds. The van der Waals surface area contributed by atoms with Gasteiger partial charge in [0.25, 0.3) is 0 Å². The lowest BCUT2D eigenvalue weighted by molar-refractivity contribution is -0.141. The highest BCUT2D eigenvalue weighted by Gasteiger charge is 2.26. The molecular weight excluding hydrogens is 322 g/mol. The Morgan fingerprint density at radius 1 is 1.38 bits per heavy atom. The molecule has 24 heavy (non-hydrogen) atoms. The molecule has 3 rings (SSSR count). The standard InChI is InChI=1S/C18H23N3O2S/c1-20-11-15(18(19-20)14-6-4-3-5-7-14)12-21-8-9-24-13-16(21)10-17(22)23-2/h3-7,11,16H,8-10,12-13H2,1-2H3/t16-/m0/s1. The summed E-state index contributed by atoms with van der Waals surface area (Å²) in [7, 11) is 3.41. The van der Waals surface area contributed by atoms with Crippen LogP contribution in [0, 0.1) is 0 Å². The summed E-state index contributed by atoms with van der Waals surface area (Å²) in [4.78, 5) is 14.1. The molecule has 128 valence electrons. The number of esters is 1. The van der Waals surface area contributed by atoms with E-state index in [1.54, 1.807) is 0 Å². The number of hydrogen-bond acceptors (Lipinski definition) is 5. The summed E-state index contributed by atoms with van der Waals surface area (Å²) >= 11 is 1.91. The van der Waals surface area contributed by atoms with E-state index in [1.807, 2.05) is 41.7 Å². The van der Waals surface area contributed by atoms with Gasteiger partial charge < -0.3 is 4.74 Å². The second-order valence-corrected chi connectivity index (χ2v) is 7.17. The lowest BCUT2D eigenvalue weighted by Crippen LogP contribution is -2.43. The highest BCUT2D eigenvalue weighted by molar-refractivity contribution is 7.99. The van der Waals surface area contributed by atoms with E-state index in [1.165, 1.54) is 12.7 Å². The van der Waals surface area contributed by atoms with E-state index < -0.39 is 0 Å². The van der Waals surface area contributed by atoms with Gasteiger partial charge in [-0.3, -0.25) is 14.4 Å². The van der Waals surface area contributed by atoms with E-state index in [-0.39, 0.29) is 12.0 Å². The maximum atomic E-state index is 11.7. The number of carbonyl (C=O) groups excluding carboxylic acids is 1. The number of aromatic nitrogens is 2. The molecule has 1 fully saturated rings. The van der Waals surface area contributed by atoms with Gasteiger partial charge >= 0.3 is 5.97 Å². The first-order chi connectivity index (χ1) is 11.7. The van der Waals surface area contributed by atoms with Crippen LogP contribution in [0.2, 0.25) is 0 Å². The van der Waals surface area contributed by atoms with E-state index in [4.69, 9.17) is 4.74 Å². The Morgan fingerprint density at radius 3 is 2.92 bits per heavy atom. The smallest absolute Gasteiger partial charge is 0.307 e. The highest BCUT2D eigenvalue weighted by Crippen LogP contribution is 2.26. The van der Waals surface area contributed by atoms with Crippen LogP contribution in [0.25, 0.3) is 11.3 Å². The van der Waals surface area contributed by atoms with Crippen molar-refractivity contribution in [3.63, 3.8) is 0 Å². The summed E-state index contributed by atoms with van der Waals surface area (Å²) in [5, 5.41) is 4.64. The van der Waals surface area contributed by atoms with E-state index in [0.29, 0.717) is 6.42 Å². The van der Waals surface area contributed by atoms with Crippen molar-refractivity contribution in [3.8, 4) is 11.3 Å². The van der Waals surface area contributed by atoms with Gasteiger partial charge in [0, 0.05) is 55.0 Å². The largest absolute Gasteiger partial charge is 0.469 e. The molecule has 0 unspecified atom stereocenters. The number of benzene rings is 1. The Hall–Kier alpha value is -1.79. The number of thioether (sulfide) groups is 1. The van der Waals surface area contributed by atoms with Crippen LogP contribution < -0.4 is 0 Å². The average molecular weight is 345 g/mol. The number of aryl methyl sites for hydroxylation is 1. The Labute approximate surface area is 147 Å². The molecule has 2 heterocycles. The van der Waals surface area contributed by atoms with E-state index in [9.17, 15) is 4.79 Å². The molecular formula is C18H23N3O2S. The predicted octanol–water partition coefficient (Wildman–Crippen LogP) is 2.57. The first-order valence-electron chi connectivity index (χ1n) is 8.14. The van der Waals surface area contributed by atoms with Crippen LogP contribution >= 0.6 is 11.8 Å². The third-order valence-corrected chi connectivity index (χ3v) is 5.40. The number of rotatable bonds is 5. The Balaban J connectivity index is 1.80. The molecule has 1 aromatic carbocycles. The van der Waals surface area contributed by atoms with Gasteiger partial charge in [-0.25, -0.2) is 0 Å². The molecule has 1 atom stereocenters. The first-order valence-corrected chi connectivity index (χ1v) is 9.29. The first kappa shape index (κ1) is 17.0. The van der Waals surface area contributed by atoms with E-state index in [2.05, 4.69) is 28.3 Å². The fraction of sp³-hybridized carbons (Fsp3) is 0.444. The Kier molecular flexibility index (Phi) is 5.58. The number of ether oxygens (including phenoxy) is 1. The molecule has 0 aliphatic carbocycles. The van der Waals surface area contributed by atoms with Crippen LogP contribution in [0.4, 0.5) is 0 Å². The molecule has 1 aromatic heterocycles. The molecule has 0 N–H and O–H groups in total. The van der Waals surface area contributed by atoms with Crippen molar-refractivity contribution in [2.45, 2.75) is 19.0 Å². The van der Waals surface area contributed by atoms with Crippen molar-refractivity contribution in [3.05, 3.63) is 42.1 Å². The zero-order valence-corrected chi connectivity index (χ0v) is 15.0. The molecule has 0 bridgehead atoms. The number of hydrogen-bond donors (Lipinski definition) is 0. The normalized spacial score (nSPS) is 18.5. The molecule has 1 saturated heterocycles. The minimum atomic E-state index is -0.137. The van der Waals surface area contributed by atoms with Crippen LogP contribution in [0.5, 0.6) is 0 Å². The number of methoxy groups -OCH3 is 1. The third-order valence-electron chi connectivity index (χ3n) is 4.30.